The molecule has 2 unspecified atom stereocenters. The average Bonchev–Trinajstić information content (AvgIpc) is 2.35. The fraction of sp³-hybridized carbons (Fsp3) is 0.800. The Hall–Kier alpha value is -0.870. The molecule has 0 heterocycles. The lowest BCUT2D eigenvalue weighted by Gasteiger charge is -2.17. The van der Waals surface area contributed by atoms with Gasteiger partial charge in [-0.05, 0) is 27.2 Å². The fourth-order valence-electron chi connectivity index (χ4n) is 1.06. The number of esters is 1. The number of unbranched alkanes of at least 4 members (excludes halogenated alkanes) is 1. The molecule has 19 heavy (non-hydrogen) atoms. The van der Waals surface area contributed by atoms with Gasteiger partial charge in [0.2, 0.25) is 0 Å². The van der Waals surface area contributed by atoms with E-state index in [9.17, 15) is 4.79 Å². The minimum Gasteiger partial charge on any atom is -0.463 e. The molecule has 0 saturated carbocycles. The van der Waals surface area contributed by atoms with Gasteiger partial charge in [0.15, 0.2) is 0 Å². The highest BCUT2D eigenvalue weighted by molar-refractivity contribution is 5.65. The monoisotopic (exact) mass is 274 g/mol. The normalized spacial score (nSPS) is 12.9. The van der Waals surface area contributed by atoms with Gasteiger partial charge in [-0.1, -0.05) is 19.4 Å². The lowest BCUT2D eigenvalue weighted by atomic mass is 10.3. The van der Waals surface area contributed by atoms with Crippen LogP contribution in [0, 0.1) is 0 Å². The Bertz CT molecular complexity index is 216. The van der Waals surface area contributed by atoms with Gasteiger partial charge in [-0.3, -0.25) is 4.79 Å². The minimum absolute atomic E-state index is 0.0823. The second-order valence-corrected chi connectivity index (χ2v) is 4.39. The van der Waals surface area contributed by atoms with E-state index in [2.05, 4.69) is 13.5 Å². The van der Waals surface area contributed by atoms with Gasteiger partial charge in [-0.25, -0.2) is 0 Å². The van der Waals surface area contributed by atoms with Crippen LogP contribution in [0.3, 0.4) is 0 Å². The summed E-state index contributed by atoms with van der Waals surface area (Å²) in [6.45, 7) is 14.2. The summed E-state index contributed by atoms with van der Waals surface area (Å²) in [7, 11) is 0. The maximum absolute atomic E-state index is 10.6. The van der Waals surface area contributed by atoms with Crippen LogP contribution in [0.2, 0.25) is 0 Å². The van der Waals surface area contributed by atoms with Gasteiger partial charge in [0, 0.05) is 13.5 Å². The summed E-state index contributed by atoms with van der Waals surface area (Å²) in [5, 5.41) is 0. The molecule has 0 aliphatic carbocycles. The van der Waals surface area contributed by atoms with Gasteiger partial charge in [0.1, 0.15) is 6.61 Å². The summed E-state index contributed by atoms with van der Waals surface area (Å²) in [6, 6.07) is 0. The maximum Gasteiger partial charge on any atom is 0.302 e. The van der Waals surface area contributed by atoms with Crippen LogP contribution in [0.25, 0.3) is 0 Å². The lowest BCUT2D eigenvalue weighted by molar-refractivity contribution is -0.145. The summed E-state index contributed by atoms with van der Waals surface area (Å²) in [6.07, 6.45) is 3.97. The van der Waals surface area contributed by atoms with Crippen molar-refractivity contribution in [1.82, 2.24) is 0 Å². The van der Waals surface area contributed by atoms with E-state index in [1.807, 2.05) is 20.8 Å². The molecular weight excluding hydrogens is 244 g/mol. The molecule has 0 amide bonds. The van der Waals surface area contributed by atoms with E-state index < -0.39 is 0 Å². The third kappa shape index (κ3) is 19.6. The van der Waals surface area contributed by atoms with Crippen molar-refractivity contribution in [1.29, 1.82) is 0 Å². The van der Waals surface area contributed by atoms with Gasteiger partial charge in [-0.15, -0.1) is 6.58 Å². The Kier molecular flexibility index (Phi) is 16.3. The molecule has 0 radical (unpaired) electrons. The standard InChI is InChI=1S/C12H24O4.C3H6/c1-5-6-7-14-10(2)8-15-11(3)9-16-12(4)13;1-3-2/h10-11H,5-9H2,1-4H3;3H,1H2,2H3. The van der Waals surface area contributed by atoms with Crippen LogP contribution < -0.4 is 0 Å². The predicted octanol–water partition coefficient (Wildman–Crippen LogP) is 3.35. The Morgan fingerprint density at radius 1 is 1.21 bits per heavy atom. The highest BCUT2D eigenvalue weighted by atomic mass is 16.6. The third-order valence-electron chi connectivity index (χ3n) is 2.04. The van der Waals surface area contributed by atoms with Gasteiger partial charge in [0.25, 0.3) is 0 Å². The molecule has 0 saturated heterocycles. The van der Waals surface area contributed by atoms with E-state index >= 15 is 0 Å². The SMILES string of the molecule is C=CC.CCCCOC(C)COC(C)COC(C)=O. The zero-order valence-corrected chi connectivity index (χ0v) is 13.1. The molecular formula is C15H30O4. The first-order valence-corrected chi connectivity index (χ1v) is 6.91. The van der Waals surface area contributed by atoms with Crippen molar-refractivity contribution in [3.05, 3.63) is 12.7 Å². The van der Waals surface area contributed by atoms with Crippen LogP contribution >= 0.6 is 0 Å². The molecule has 0 N–H and O–H groups in total. The Balaban J connectivity index is 0. The van der Waals surface area contributed by atoms with Crippen LogP contribution in [0.5, 0.6) is 0 Å². The van der Waals surface area contributed by atoms with Gasteiger partial charge in [-0.2, -0.15) is 0 Å². The second kappa shape index (κ2) is 15.2. The summed E-state index contributed by atoms with van der Waals surface area (Å²) in [5.74, 6) is -0.275. The van der Waals surface area contributed by atoms with Crippen molar-refractivity contribution in [2.75, 3.05) is 19.8 Å². The van der Waals surface area contributed by atoms with E-state index in [1.165, 1.54) is 6.92 Å². The van der Waals surface area contributed by atoms with Crippen LogP contribution in [0.1, 0.15) is 47.5 Å². The number of ether oxygens (including phenoxy) is 3. The summed E-state index contributed by atoms with van der Waals surface area (Å²) in [5.41, 5.74) is 0. The topological polar surface area (TPSA) is 44.8 Å². The van der Waals surface area contributed by atoms with Crippen LogP contribution in [-0.4, -0.2) is 38.0 Å². The summed E-state index contributed by atoms with van der Waals surface area (Å²) in [4.78, 5) is 10.6. The van der Waals surface area contributed by atoms with E-state index in [-0.39, 0.29) is 18.2 Å². The molecule has 0 rings (SSSR count). The van der Waals surface area contributed by atoms with Gasteiger partial charge < -0.3 is 14.2 Å². The molecule has 0 aromatic rings. The quantitative estimate of drug-likeness (QED) is 0.367. The average molecular weight is 274 g/mol. The van der Waals surface area contributed by atoms with Crippen molar-refractivity contribution in [2.45, 2.75) is 59.7 Å². The lowest BCUT2D eigenvalue weighted by Crippen LogP contribution is -2.24. The maximum atomic E-state index is 10.6. The molecule has 0 spiro atoms. The minimum atomic E-state index is -0.275. The fourth-order valence-corrected chi connectivity index (χ4v) is 1.06. The molecule has 0 aromatic heterocycles. The third-order valence-corrected chi connectivity index (χ3v) is 2.04. The molecule has 0 bridgehead atoms. The van der Waals surface area contributed by atoms with Crippen LogP contribution in [0.4, 0.5) is 0 Å². The largest absolute Gasteiger partial charge is 0.463 e. The molecule has 2 atom stereocenters. The van der Waals surface area contributed by atoms with Crippen molar-refractivity contribution in [3.63, 3.8) is 0 Å². The number of allylic oxidation sites excluding steroid dienone is 1. The summed E-state index contributed by atoms with van der Waals surface area (Å²) < 4.78 is 15.8. The number of hydrogen-bond acceptors (Lipinski definition) is 4. The van der Waals surface area contributed by atoms with Crippen molar-refractivity contribution in [3.8, 4) is 0 Å². The van der Waals surface area contributed by atoms with E-state index in [0.717, 1.165) is 19.4 Å². The number of rotatable bonds is 9. The van der Waals surface area contributed by atoms with E-state index in [0.29, 0.717) is 13.2 Å². The first kappa shape index (κ1) is 20.4. The van der Waals surface area contributed by atoms with Gasteiger partial charge in [0.05, 0.1) is 18.8 Å². The predicted molar refractivity (Wildman–Crippen MR) is 78.2 cm³/mol. The molecule has 0 fully saturated rings. The van der Waals surface area contributed by atoms with Crippen molar-refractivity contribution >= 4 is 5.97 Å². The Labute approximate surface area is 118 Å². The Morgan fingerprint density at radius 2 is 1.74 bits per heavy atom. The zero-order valence-electron chi connectivity index (χ0n) is 13.1. The van der Waals surface area contributed by atoms with E-state index in [4.69, 9.17) is 14.2 Å². The van der Waals surface area contributed by atoms with Crippen LogP contribution in [0.15, 0.2) is 12.7 Å². The molecule has 0 aromatic carbocycles. The highest BCUT2D eigenvalue weighted by Crippen LogP contribution is 1.99. The van der Waals surface area contributed by atoms with Gasteiger partial charge >= 0.3 is 5.97 Å². The number of carbonyl (C=O) groups is 1. The summed E-state index contributed by atoms with van der Waals surface area (Å²) >= 11 is 0. The molecule has 0 aliphatic rings. The highest BCUT2D eigenvalue weighted by Gasteiger charge is 2.08. The molecule has 4 nitrogen and oxygen atoms in total. The first-order chi connectivity index (χ1) is 8.97. The zero-order chi connectivity index (χ0) is 15.1. The molecule has 0 aliphatic heterocycles. The second-order valence-electron chi connectivity index (χ2n) is 4.39. The number of carbonyl (C=O) groups excluding carboxylic acids is 1. The van der Waals surface area contributed by atoms with Crippen molar-refractivity contribution < 1.29 is 19.0 Å². The van der Waals surface area contributed by atoms with Crippen LogP contribution in [-0.2, 0) is 19.0 Å². The first-order valence-electron chi connectivity index (χ1n) is 6.91. The Morgan fingerprint density at radius 3 is 2.21 bits per heavy atom. The molecule has 4 heteroatoms. The van der Waals surface area contributed by atoms with E-state index in [1.54, 1.807) is 6.08 Å². The molecule has 114 valence electrons. The van der Waals surface area contributed by atoms with Crippen molar-refractivity contribution in [2.24, 2.45) is 0 Å². The smallest absolute Gasteiger partial charge is 0.302 e. The number of hydrogen-bond donors (Lipinski definition) is 0.